The van der Waals surface area contributed by atoms with Crippen molar-refractivity contribution < 1.29 is 14.3 Å². The molecule has 0 aromatic heterocycles. The van der Waals surface area contributed by atoms with Crippen LogP contribution in [-0.2, 0) is 14.3 Å². The second-order valence-electron chi connectivity index (χ2n) is 3.85. The predicted molar refractivity (Wildman–Crippen MR) is 57.7 cm³/mol. The minimum atomic E-state index is -0.195. The molecule has 3 atom stereocenters. The molecule has 1 saturated heterocycles. The molecule has 0 radical (unpaired) electrons. The van der Waals surface area contributed by atoms with Crippen molar-refractivity contribution in [1.82, 2.24) is 5.32 Å². The zero-order chi connectivity index (χ0) is 11.3. The Morgan fingerprint density at radius 1 is 1.60 bits per heavy atom. The minimum Gasteiger partial charge on any atom is -0.465 e. The predicted octanol–water partition coefficient (Wildman–Crippen LogP) is 1.10. The molecule has 0 aromatic rings. The Morgan fingerprint density at radius 2 is 2.33 bits per heavy atom. The average molecular weight is 215 g/mol. The molecule has 0 spiro atoms. The average Bonchev–Trinajstić information content (AvgIpc) is 2.61. The van der Waals surface area contributed by atoms with Crippen LogP contribution in [0, 0.1) is 0 Å². The van der Waals surface area contributed by atoms with Gasteiger partial charge < -0.3 is 9.47 Å². The molecule has 0 bridgehead atoms. The number of carbonyl (C=O) groups excluding carboxylic acids is 1. The Hall–Kier alpha value is -0.610. The molecule has 1 heterocycles. The van der Waals surface area contributed by atoms with Gasteiger partial charge in [0.2, 0.25) is 0 Å². The van der Waals surface area contributed by atoms with Crippen molar-refractivity contribution in [3.63, 3.8) is 0 Å². The Kier molecular flexibility index (Phi) is 5.05. The maximum atomic E-state index is 11.5. The third kappa shape index (κ3) is 3.47. The maximum absolute atomic E-state index is 11.5. The lowest BCUT2D eigenvalue weighted by Crippen LogP contribution is -2.46. The number of ether oxygens (including phenoxy) is 2. The highest BCUT2D eigenvalue weighted by molar-refractivity contribution is 5.75. The van der Waals surface area contributed by atoms with Crippen LogP contribution in [0.4, 0.5) is 0 Å². The first-order valence-electron chi connectivity index (χ1n) is 5.73. The van der Waals surface area contributed by atoms with Crippen LogP contribution in [0.25, 0.3) is 0 Å². The zero-order valence-electron chi connectivity index (χ0n) is 9.79. The molecule has 88 valence electrons. The molecule has 4 heteroatoms. The summed E-state index contributed by atoms with van der Waals surface area (Å²) in [6, 6.07) is 0.0819. The first-order valence-corrected chi connectivity index (χ1v) is 5.73. The van der Waals surface area contributed by atoms with Gasteiger partial charge in [0.1, 0.15) is 6.04 Å². The number of hydrogen-bond acceptors (Lipinski definition) is 4. The van der Waals surface area contributed by atoms with Crippen LogP contribution >= 0.6 is 0 Å². The molecule has 0 aromatic carbocycles. The summed E-state index contributed by atoms with van der Waals surface area (Å²) in [6.07, 6.45) is 1.91. The van der Waals surface area contributed by atoms with Crippen LogP contribution in [0.15, 0.2) is 0 Å². The van der Waals surface area contributed by atoms with Crippen molar-refractivity contribution in [2.45, 2.75) is 51.8 Å². The van der Waals surface area contributed by atoms with Gasteiger partial charge in [0, 0.05) is 12.6 Å². The molecule has 0 saturated carbocycles. The van der Waals surface area contributed by atoms with Crippen molar-refractivity contribution in [3.8, 4) is 0 Å². The second-order valence-corrected chi connectivity index (χ2v) is 3.85. The van der Waals surface area contributed by atoms with E-state index >= 15 is 0 Å². The number of esters is 1. The van der Waals surface area contributed by atoms with E-state index in [-0.39, 0.29) is 24.2 Å². The molecule has 0 aliphatic carbocycles. The third-order valence-electron chi connectivity index (χ3n) is 2.77. The molecule has 1 fully saturated rings. The Bertz CT molecular complexity index is 208. The summed E-state index contributed by atoms with van der Waals surface area (Å²) in [5.41, 5.74) is 0. The summed E-state index contributed by atoms with van der Waals surface area (Å²) in [4.78, 5) is 11.5. The molecule has 4 nitrogen and oxygen atoms in total. The quantitative estimate of drug-likeness (QED) is 0.698. The van der Waals surface area contributed by atoms with E-state index in [0.29, 0.717) is 6.61 Å². The van der Waals surface area contributed by atoms with Gasteiger partial charge >= 0.3 is 5.97 Å². The largest absolute Gasteiger partial charge is 0.465 e. The van der Waals surface area contributed by atoms with Crippen molar-refractivity contribution in [2.75, 3.05) is 13.2 Å². The fraction of sp³-hybridized carbons (Fsp3) is 0.909. The summed E-state index contributed by atoms with van der Waals surface area (Å²) in [6.45, 7) is 7.05. The number of carbonyl (C=O) groups is 1. The van der Waals surface area contributed by atoms with Crippen LogP contribution in [0.5, 0.6) is 0 Å². The minimum absolute atomic E-state index is 0.154. The van der Waals surface area contributed by atoms with Gasteiger partial charge in [-0.3, -0.25) is 10.1 Å². The highest BCUT2D eigenvalue weighted by atomic mass is 16.5. The van der Waals surface area contributed by atoms with E-state index in [4.69, 9.17) is 9.47 Å². The molecular formula is C11H21NO3. The van der Waals surface area contributed by atoms with Gasteiger partial charge in [-0.15, -0.1) is 0 Å². The van der Waals surface area contributed by atoms with Crippen molar-refractivity contribution in [1.29, 1.82) is 0 Å². The lowest BCUT2D eigenvalue weighted by atomic mass is 10.1. The van der Waals surface area contributed by atoms with Crippen LogP contribution in [-0.4, -0.2) is 37.4 Å². The van der Waals surface area contributed by atoms with Crippen LogP contribution in [0.3, 0.4) is 0 Å². The highest BCUT2D eigenvalue weighted by Gasteiger charge is 2.28. The monoisotopic (exact) mass is 215 g/mol. The van der Waals surface area contributed by atoms with Crippen LogP contribution < -0.4 is 5.32 Å². The van der Waals surface area contributed by atoms with Gasteiger partial charge in [-0.2, -0.15) is 0 Å². The lowest BCUT2D eigenvalue weighted by Gasteiger charge is -2.22. The Labute approximate surface area is 91.3 Å². The topological polar surface area (TPSA) is 47.6 Å². The van der Waals surface area contributed by atoms with Gasteiger partial charge in [0.15, 0.2) is 0 Å². The smallest absolute Gasteiger partial charge is 0.323 e. The van der Waals surface area contributed by atoms with E-state index < -0.39 is 0 Å². The van der Waals surface area contributed by atoms with E-state index in [1.807, 2.05) is 20.8 Å². The van der Waals surface area contributed by atoms with Gasteiger partial charge in [-0.05, 0) is 26.7 Å². The van der Waals surface area contributed by atoms with Gasteiger partial charge in [0.25, 0.3) is 0 Å². The lowest BCUT2D eigenvalue weighted by molar-refractivity contribution is -0.146. The molecule has 0 amide bonds. The maximum Gasteiger partial charge on any atom is 0.323 e. The number of rotatable bonds is 5. The number of hydrogen-bond donors (Lipinski definition) is 1. The van der Waals surface area contributed by atoms with Gasteiger partial charge in [0.05, 0.1) is 12.7 Å². The first kappa shape index (κ1) is 12.5. The molecule has 3 unspecified atom stereocenters. The molecular weight excluding hydrogens is 194 g/mol. The van der Waals surface area contributed by atoms with E-state index in [1.165, 1.54) is 0 Å². The molecule has 1 rings (SSSR count). The van der Waals surface area contributed by atoms with Crippen molar-refractivity contribution in [3.05, 3.63) is 0 Å². The molecule has 1 aliphatic rings. The second kappa shape index (κ2) is 6.08. The Balaban J connectivity index is 2.41. The summed E-state index contributed by atoms with van der Waals surface area (Å²) in [5, 5.41) is 3.30. The fourth-order valence-corrected chi connectivity index (χ4v) is 1.80. The van der Waals surface area contributed by atoms with E-state index in [0.717, 1.165) is 19.4 Å². The summed E-state index contributed by atoms with van der Waals surface area (Å²) >= 11 is 0. The Morgan fingerprint density at radius 3 is 2.80 bits per heavy atom. The van der Waals surface area contributed by atoms with E-state index in [2.05, 4.69) is 5.32 Å². The van der Waals surface area contributed by atoms with Crippen LogP contribution in [0.2, 0.25) is 0 Å². The zero-order valence-corrected chi connectivity index (χ0v) is 9.79. The first-order chi connectivity index (χ1) is 7.19. The SMILES string of the molecule is CCOC(=O)C(CC)NC1CCOC1C. The van der Waals surface area contributed by atoms with E-state index in [9.17, 15) is 4.79 Å². The molecule has 15 heavy (non-hydrogen) atoms. The summed E-state index contributed by atoms with van der Waals surface area (Å²) in [5.74, 6) is -0.154. The van der Waals surface area contributed by atoms with Crippen molar-refractivity contribution >= 4 is 5.97 Å². The van der Waals surface area contributed by atoms with E-state index in [1.54, 1.807) is 0 Å². The highest BCUT2D eigenvalue weighted by Crippen LogP contribution is 2.14. The fourth-order valence-electron chi connectivity index (χ4n) is 1.80. The normalized spacial score (nSPS) is 27.7. The molecule has 1 aliphatic heterocycles. The van der Waals surface area contributed by atoms with Gasteiger partial charge in [-0.1, -0.05) is 6.92 Å². The summed E-state index contributed by atoms with van der Waals surface area (Å²) < 4.78 is 10.4. The molecule has 1 N–H and O–H groups in total. The van der Waals surface area contributed by atoms with Crippen LogP contribution in [0.1, 0.15) is 33.6 Å². The third-order valence-corrected chi connectivity index (χ3v) is 2.77. The summed E-state index contributed by atoms with van der Waals surface area (Å²) in [7, 11) is 0. The standard InChI is InChI=1S/C11H21NO3/c1-4-9(11(13)14-5-2)12-10-6-7-15-8(10)3/h8-10,12H,4-7H2,1-3H3. The number of nitrogens with one attached hydrogen (secondary N) is 1. The van der Waals surface area contributed by atoms with Gasteiger partial charge in [-0.25, -0.2) is 0 Å². The van der Waals surface area contributed by atoms with Crippen molar-refractivity contribution in [2.24, 2.45) is 0 Å².